The number of fused-ring (bicyclic) bond motifs is 1. The Kier molecular flexibility index (Phi) is 3.45. The number of carbonyl (C=O) groups excluding carboxylic acids is 1. The lowest BCUT2D eigenvalue weighted by molar-refractivity contribution is -0.123. The minimum absolute atomic E-state index is 0.0148. The van der Waals surface area contributed by atoms with Crippen molar-refractivity contribution in [2.75, 3.05) is 6.61 Å². The Hall–Kier alpha value is -1.87. The second kappa shape index (κ2) is 5.25. The van der Waals surface area contributed by atoms with Crippen molar-refractivity contribution in [1.82, 2.24) is 5.32 Å². The average molecular weight is 269 g/mol. The van der Waals surface area contributed by atoms with Gasteiger partial charge in [-0.1, -0.05) is 42.5 Å². The standard InChI is InChI=1S/C17H19NO2/c1-11(10-19)18-17(20)16-9-15(16)14-7-6-12-4-2-3-5-13(12)8-14/h2-8,11,15-16,19H,9-10H2,1H3,(H,18,20). The maximum absolute atomic E-state index is 12.0. The van der Waals surface area contributed by atoms with E-state index in [-0.39, 0.29) is 24.5 Å². The van der Waals surface area contributed by atoms with E-state index in [0.29, 0.717) is 5.92 Å². The highest BCUT2D eigenvalue weighted by Gasteiger charge is 2.44. The number of hydrogen-bond acceptors (Lipinski definition) is 2. The van der Waals surface area contributed by atoms with E-state index in [1.165, 1.54) is 16.3 Å². The summed E-state index contributed by atoms with van der Waals surface area (Å²) in [5.41, 5.74) is 1.24. The molecule has 1 aliphatic carbocycles. The summed E-state index contributed by atoms with van der Waals surface area (Å²) in [6.45, 7) is 1.80. The summed E-state index contributed by atoms with van der Waals surface area (Å²) in [5.74, 6) is 0.445. The predicted octanol–water partition coefficient (Wildman–Crippen LogP) is 2.44. The summed E-state index contributed by atoms with van der Waals surface area (Å²) in [6, 6.07) is 14.5. The van der Waals surface area contributed by atoms with E-state index < -0.39 is 0 Å². The maximum Gasteiger partial charge on any atom is 0.224 e. The van der Waals surface area contributed by atoms with Crippen LogP contribution in [0.1, 0.15) is 24.8 Å². The molecule has 104 valence electrons. The van der Waals surface area contributed by atoms with Crippen molar-refractivity contribution in [1.29, 1.82) is 0 Å². The molecule has 0 aromatic heterocycles. The first kappa shape index (κ1) is 13.1. The van der Waals surface area contributed by atoms with Crippen LogP contribution >= 0.6 is 0 Å². The fraction of sp³-hybridized carbons (Fsp3) is 0.353. The molecule has 2 aromatic rings. The van der Waals surface area contributed by atoms with Gasteiger partial charge in [-0.2, -0.15) is 0 Å². The van der Waals surface area contributed by atoms with Crippen LogP contribution in [0.2, 0.25) is 0 Å². The SMILES string of the molecule is CC(CO)NC(=O)C1CC1c1ccc2ccccc2c1. The van der Waals surface area contributed by atoms with Gasteiger partial charge >= 0.3 is 0 Å². The molecule has 0 heterocycles. The number of aliphatic hydroxyl groups excluding tert-OH is 1. The number of nitrogens with one attached hydrogen (secondary N) is 1. The Bertz CT molecular complexity index is 638. The third-order valence-corrected chi connectivity index (χ3v) is 3.99. The Balaban J connectivity index is 1.72. The highest BCUT2D eigenvalue weighted by Crippen LogP contribution is 2.48. The number of benzene rings is 2. The number of rotatable bonds is 4. The molecule has 3 rings (SSSR count). The molecule has 0 spiro atoms. The molecular weight excluding hydrogens is 250 g/mol. The van der Waals surface area contributed by atoms with Gasteiger partial charge in [0, 0.05) is 12.0 Å². The summed E-state index contributed by atoms with van der Waals surface area (Å²) in [5, 5.41) is 14.3. The molecule has 1 saturated carbocycles. The van der Waals surface area contributed by atoms with Gasteiger partial charge < -0.3 is 10.4 Å². The second-order valence-electron chi connectivity index (χ2n) is 5.65. The predicted molar refractivity (Wildman–Crippen MR) is 79.5 cm³/mol. The summed E-state index contributed by atoms with van der Waals surface area (Å²) < 4.78 is 0. The molecule has 2 N–H and O–H groups in total. The molecule has 3 heteroatoms. The molecule has 3 atom stereocenters. The zero-order valence-electron chi connectivity index (χ0n) is 11.5. The lowest BCUT2D eigenvalue weighted by Crippen LogP contribution is -2.36. The summed E-state index contributed by atoms with van der Waals surface area (Å²) in [7, 11) is 0. The lowest BCUT2D eigenvalue weighted by atomic mass is 10.0. The summed E-state index contributed by atoms with van der Waals surface area (Å²) >= 11 is 0. The van der Waals surface area contributed by atoms with Crippen molar-refractivity contribution >= 4 is 16.7 Å². The first-order valence-corrected chi connectivity index (χ1v) is 7.09. The largest absolute Gasteiger partial charge is 0.394 e. The van der Waals surface area contributed by atoms with Crippen molar-refractivity contribution in [3.05, 3.63) is 48.0 Å². The van der Waals surface area contributed by atoms with Gasteiger partial charge in [-0.15, -0.1) is 0 Å². The van der Waals surface area contributed by atoms with E-state index in [2.05, 4.69) is 35.6 Å². The van der Waals surface area contributed by atoms with Crippen LogP contribution in [0, 0.1) is 5.92 Å². The Morgan fingerprint density at radius 2 is 2.05 bits per heavy atom. The molecule has 0 aliphatic heterocycles. The van der Waals surface area contributed by atoms with Crippen molar-refractivity contribution < 1.29 is 9.90 Å². The van der Waals surface area contributed by atoms with Crippen LogP contribution in [0.5, 0.6) is 0 Å². The molecular formula is C17H19NO2. The van der Waals surface area contributed by atoms with E-state index in [1.54, 1.807) is 0 Å². The highest BCUT2D eigenvalue weighted by molar-refractivity contribution is 5.85. The zero-order valence-corrected chi connectivity index (χ0v) is 11.5. The van der Waals surface area contributed by atoms with Gasteiger partial charge in [-0.3, -0.25) is 4.79 Å². The smallest absolute Gasteiger partial charge is 0.224 e. The van der Waals surface area contributed by atoms with Crippen LogP contribution in [0.3, 0.4) is 0 Å². The van der Waals surface area contributed by atoms with Gasteiger partial charge in [-0.25, -0.2) is 0 Å². The third-order valence-electron chi connectivity index (χ3n) is 3.99. The van der Waals surface area contributed by atoms with E-state index >= 15 is 0 Å². The van der Waals surface area contributed by atoms with Gasteiger partial charge in [-0.05, 0) is 35.6 Å². The first-order chi connectivity index (χ1) is 9.69. The highest BCUT2D eigenvalue weighted by atomic mass is 16.3. The molecule has 0 bridgehead atoms. The van der Waals surface area contributed by atoms with Gasteiger partial charge in [0.15, 0.2) is 0 Å². The molecule has 20 heavy (non-hydrogen) atoms. The normalized spacial score (nSPS) is 22.5. The Morgan fingerprint density at radius 1 is 1.30 bits per heavy atom. The molecule has 0 saturated heterocycles. The molecule has 1 aliphatic rings. The van der Waals surface area contributed by atoms with Crippen LogP contribution in [-0.2, 0) is 4.79 Å². The minimum Gasteiger partial charge on any atom is -0.394 e. The Labute approximate surface area is 118 Å². The minimum atomic E-state index is -0.166. The second-order valence-corrected chi connectivity index (χ2v) is 5.65. The zero-order chi connectivity index (χ0) is 14.1. The van der Waals surface area contributed by atoms with Crippen molar-refractivity contribution in [2.24, 2.45) is 5.92 Å². The van der Waals surface area contributed by atoms with Crippen LogP contribution < -0.4 is 5.32 Å². The lowest BCUT2D eigenvalue weighted by Gasteiger charge is -2.10. The summed E-state index contributed by atoms with van der Waals surface area (Å²) in [6.07, 6.45) is 0.905. The van der Waals surface area contributed by atoms with Crippen LogP contribution in [0.15, 0.2) is 42.5 Å². The third kappa shape index (κ3) is 2.54. The fourth-order valence-corrected chi connectivity index (χ4v) is 2.69. The van der Waals surface area contributed by atoms with E-state index in [0.717, 1.165) is 6.42 Å². The van der Waals surface area contributed by atoms with Crippen molar-refractivity contribution in [3.8, 4) is 0 Å². The first-order valence-electron chi connectivity index (χ1n) is 7.09. The van der Waals surface area contributed by atoms with Gasteiger partial charge in [0.1, 0.15) is 0 Å². The summed E-state index contributed by atoms with van der Waals surface area (Å²) in [4.78, 5) is 12.0. The molecule has 1 fully saturated rings. The monoisotopic (exact) mass is 269 g/mol. The van der Waals surface area contributed by atoms with Crippen molar-refractivity contribution in [3.63, 3.8) is 0 Å². The molecule has 3 nitrogen and oxygen atoms in total. The van der Waals surface area contributed by atoms with Crippen LogP contribution in [-0.4, -0.2) is 23.7 Å². The number of carbonyl (C=O) groups is 1. The van der Waals surface area contributed by atoms with E-state index in [9.17, 15) is 4.79 Å². The maximum atomic E-state index is 12.0. The number of amides is 1. The molecule has 2 aromatic carbocycles. The molecule has 3 unspecified atom stereocenters. The average Bonchev–Trinajstić information content (AvgIpc) is 3.27. The molecule has 1 amide bonds. The Morgan fingerprint density at radius 3 is 2.80 bits per heavy atom. The van der Waals surface area contributed by atoms with Gasteiger partial charge in [0.25, 0.3) is 0 Å². The fourth-order valence-electron chi connectivity index (χ4n) is 2.69. The van der Waals surface area contributed by atoms with E-state index in [1.807, 2.05) is 19.1 Å². The van der Waals surface area contributed by atoms with Crippen molar-refractivity contribution in [2.45, 2.75) is 25.3 Å². The quantitative estimate of drug-likeness (QED) is 0.895. The molecule has 0 radical (unpaired) electrons. The van der Waals surface area contributed by atoms with Gasteiger partial charge in [0.2, 0.25) is 5.91 Å². The van der Waals surface area contributed by atoms with E-state index in [4.69, 9.17) is 5.11 Å². The topological polar surface area (TPSA) is 49.3 Å². The number of aliphatic hydroxyl groups is 1. The van der Waals surface area contributed by atoms with Crippen LogP contribution in [0.4, 0.5) is 0 Å². The van der Waals surface area contributed by atoms with Gasteiger partial charge in [0.05, 0.1) is 6.61 Å². The number of hydrogen-bond donors (Lipinski definition) is 2. The van der Waals surface area contributed by atoms with Crippen LogP contribution in [0.25, 0.3) is 10.8 Å².